The minimum Gasteiger partial charge on any atom is -0.352 e. The molecule has 0 aliphatic carbocycles. The summed E-state index contributed by atoms with van der Waals surface area (Å²) < 4.78 is 0. The Morgan fingerprint density at radius 1 is 1.48 bits per heavy atom. The molecule has 0 radical (unpaired) electrons. The number of nitrogens with one attached hydrogen (secondary N) is 1. The molecule has 0 atom stereocenters. The molecule has 0 spiro atoms. The minimum atomic E-state index is -0.114. The molecule has 0 aliphatic rings. The normalized spacial score (nSPS) is 9.81. The van der Waals surface area contributed by atoms with E-state index in [0.29, 0.717) is 17.7 Å². The molecule has 2 aromatic rings. The molecule has 0 unspecified atom stereocenters. The van der Waals surface area contributed by atoms with Gasteiger partial charge in [0, 0.05) is 30.1 Å². The van der Waals surface area contributed by atoms with Crippen LogP contribution in [0.4, 0.5) is 0 Å². The van der Waals surface area contributed by atoms with E-state index in [1.807, 2.05) is 30.5 Å². The second kappa shape index (κ2) is 7.58. The van der Waals surface area contributed by atoms with E-state index in [4.69, 9.17) is 5.73 Å². The molecule has 2 rings (SSSR count). The highest BCUT2D eigenvalue weighted by molar-refractivity contribution is 7.09. The van der Waals surface area contributed by atoms with Crippen LogP contribution < -0.4 is 11.1 Å². The average molecular weight is 299 g/mol. The summed E-state index contributed by atoms with van der Waals surface area (Å²) in [5, 5.41) is 5.86. The van der Waals surface area contributed by atoms with Crippen molar-refractivity contribution in [2.45, 2.75) is 13.3 Å². The van der Waals surface area contributed by atoms with E-state index < -0.39 is 0 Å². The van der Waals surface area contributed by atoms with Gasteiger partial charge in [0.15, 0.2) is 0 Å². The highest BCUT2D eigenvalue weighted by Gasteiger charge is 2.10. The van der Waals surface area contributed by atoms with Crippen molar-refractivity contribution in [3.63, 3.8) is 0 Å². The Hall–Kier alpha value is -2.16. The Labute approximate surface area is 128 Å². The van der Waals surface area contributed by atoms with Gasteiger partial charge in [-0.05, 0) is 19.1 Å². The van der Waals surface area contributed by atoms with Gasteiger partial charge in [0.05, 0.1) is 17.1 Å². The fourth-order valence-corrected chi connectivity index (χ4v) is 2.48. The van der Waals surface area contributed by atoms with Crippen LogP contribution in [0.5, 0.6) is 0 Å². The third kappa shape index (κ3) is 4.42. The van der Waals surface area contributed by atoms with Crippen molar-refractivity contribution in [2.75, 3.05) is 13.1 Å². The number of hydrogen-bond acceptors (Lipinski definition) is 4. The van der Waals surface area contributed by atoms with Crippen molar-refractivity contribution >= 4 is 17.2 Å². The van der Waals surface area contributed by atoms with Crippen LogP contribution in [0.25, 0.3) is 0 Å². The fourth-order valence-electron chi connectivity index (χ4n) is 1.86. The maximum Gasteiger partial charge on any atom is 0.252 e. The Kier molecular flexibility index (Phi) is 5.50. The van der Waals surface area contributed by atoms with Gasteiger partial charge in [0.2, 0.25) is 0 Å². The lowest BCUT2D eigenvalue weighted by Crippen LogP contribution is -2.26. The first-order chi connectivity index (χ1) is 10.2. The van der Waals surface area contributed by atoms with Crippen LogP contribution in [0, 0.1) is 18.8 Å². The van der Waals surface area contributed by atoms with Crippen LogP contribution in [0.15, 0.2) is 29.8 Å². The Bertz CT molecular complexity index is 669. The molecule has 0 bridgehead atoms. The molecule has 1 aromatic heterocycles. The molecule has 4 nitrogen and oxygen atoms in total. The van der Waals surface area contributed by atoms with E-state index >= 15 is 0 Å². The van der Waals surface area contributed by atoms with E-state index in [1.165, 1.54) is 0 Å². The summed E-state index contributed by atoms with van der Waals surface area (Å²) in [6, 6.07) is 5.64. The minimum absolute atomic E-state index is 0.114. The van der Waals surface area contributed by atoms with Gasteiger partial charge in [-0.3, -0.25) is 4.79 Å². The molecular formula is C16H17N3OS. The average Bonchev–Trinajstić information content (AvgIpc) is 2.99. The van der Waals surface area contributed by atoms with Gasteiger partial charge in [-0.2, -0.15) is 0 Å². The Morgan fingerprint density at radius 2 is 2.33 bits per heavy atom. The van der Waals surface area contributed by atoms with Crippen LogP contribution >= 0.6 is 11.3 Å². The van der Waals surface area contributed by atoms with Crippen LogP contribution in [-0.4, -0.2) is 24.0 Å². The largest absolute Gasteiger partial charge is 0.352 e. The zero-order valence-corrected chi connectivity index (χ0v) is 12.7. The van der Waals surface area contributed by atoms with Gasteiger partial charge in [0.25, 0.3) is 5.91 Å². The molecule has 3 N–H and O–H groups in total. The highest BCUT2D eigenvalue weighted by Crippen LogP contribution is 2.11. The first-order valence-corrected chi connectivity index (χ1v) is 7.55. The molecular weight excluding hydrogens is 282 g/mol. The summed E-state index contributed by atoms with van der Waals surface area (Å²) >= 11 is 1.59. The topological polar surface area (TPSA) is 68.0 Å². The Balaban J connectivity index is 2.05. The van der Waals surface area contributed by atoms with Crippen LogP contribution in [0.2, 0.25) is 0 Å². The van der Waals surface area contributed by atoms with Crippen molar-refractivity contribution in [1.82, 2.24) is 10.3 Å². The summed E-state index contributed by atoms with van der Waals surface area (Å²) in [5.41, 5.74) is 7.71. The van der Waals surface area contributed by atoms with Gasteiger partial charge in [-0.15, -0.1) is 11.3 Å². The summed E-state index contributed by atoms with van der Waals surface area (Å²) in [5.74, 6) is 5.61. The molecule has 1 amide bonds. The molecule has 0 saturated carbocycles. The zero-order valence-electron chi connectivity index (χ0n) is 11.8. The van der Waals surface area contributed by atoms with Crippen molar-refractivity contribution in [1.29, 1.82) is 0 Å². The van der Waals surface area contributed by atoms with Crippen molar-refractivity contribution in [3.05, 3.63) is 51.5 Å². The number of carbonyl (C=O) groups is 1. The molecule has 1 aromatic carbocycles. The number of hydrogen-bond donors (Lipinski definition) is 2. The number of benzene rings is 1. The highest BCUT2D eigenvalue weighted by atomic mass is 32.1. The fraction of sp³-hybridized carbons (Fsp3) is 0.250. The lowest BCUT2D eigenvalue weighted by Gasteiger charge is -2.07. The molecule has 0 aliphatic heterocycles. The van der Waals surface area contributed by atoms with Crippen molar-refractivity contribution in [3.8, 4) is 11.8 Å². The van der Waals surface area contributed by atoms with Gasteiger partial charge < -0.3 is 11.1 Å². The van der Waals surface area contributed by atoms with Gasteiger partial charge in [0.1, 0.15) is 0 Å². The van der Waals surface area contributed by atoms with Crippen molar-refractivity contribution in [2.24, 2.45) is 5.73 Å². The lowest BCUT2D eigenvalue weighted by atomic mass is 10.0. The number of aromatic nitrogens is 1. The third-order valence-electron chi connectivity index (χ3n) is 2.85. The van der Waals surface area contributed by atoms with Crippen molar-refractivity contribution < 1.29 is 4.79 Å². The number of rotatable bonds is 4. The number of carbonyl (C=O) groups excluding carboxylic acids is 1. The quantitative estimate of drug-likeness (QED) is 0.845. The Morgan fingerprint density at radius 3 is 3.05 bits per heavy atom. The maximum atomic E-state index is 12.3. The number of nitrogens with two attached hydrogens (primary N) is 1. The standard InChI is InChI=1S/C16H17N3OS/c1-12-4-5-13(3-2-7-17)14(11-12)16(20)19-8-6-15-18-9-10-21-15/h4-5,9-11H,6-8,17H2,1H3,(H,19,20). The molecule has 0 saturated heterocycles. The zero-order chi connectivity index (χ0) is 15.1. The van der Waals surface area contributed by atoms with Crippen LogP contribution in [0.3, 0.4) is 0 Å². The number of aryl methyl sites for hydroxylation is 1. The van der Waals surface area contributed by atoms with Gasteiger partial charge >= 0.3 is 0 Å². The first-order valence-electron chi connectivity index (χ1n) is 6.67. The SMILES string of the molecule is Cc1ccc(C#CCN)c(C(=O)NCCc2nccs2)c1. The number of nitrogens with zero attached hydrogens (tertiary/aromatic N) is 1. The van der Waals surface area contributed by atoms with E-state index in [0.717, 1.165) is 17.0 Å². The van der Waals surface area contributed by atoms with Gasteiger partial charge in [-0.25, -0.2) is 4.98 Å². The summed E-state index contributed by atoms with van der Waals surface area (Å²) in [6.45, 7) is 2.79. The maximum absolute atomic E-state index is 12.3. The first kappa shape index (κ1) is 15.2. The van der Waals surface area contributed by atoms with E-state index in [2.05, 4.69) is 22.1 Å². The second-order valence-electron chi connectivity index (χ2n) is 4.49. The van der Waals surface area contributed by atoms with Crippen LogP contribution in [-0.2, 0) is 6.42 Å². The molecule has 0 fully saturated rings. The molecule has 21 heavy (non-hydrogen) atoms. The van der Waals surface area contributed by atoms with E-state index in [-0.39, 0.29) is 12.5 Å². The lowest BCUT2D eigenvalue weighted by molar-refractivity contribution is 0.0954. The molecule has 108 valence electrons. The monoisotopic (exact) mass is 299 g/mol. The summed E-state index contributed by atoms with van der Waals surface area (Å²) in [7, 11) is 0. The second-order valence-corrected chi connectivity index (χ2v) is 5.47. The van der Waals surface area contributed by atoms with Crippen LogP contribution in [0.1, 0.15) is 26.5 Å². The predicted octanol–water partition coefficient (Wildman–Crippen LogP) is 1.73. The smallest absolute Gasteiger partial charge is 0.252 e. The summed E-state index contributed by atoms with van der Waals surface area (Å²) in [6.07, 6.45) is 2.50. The molecule has 5 heteroatoms. The van der Waals surface area contributed by atoms with E-state index in [9.17, 15) is 4.79 Å². The van der Waals surface area contributed by atoms with E-state index in [1.54, 1.807) is 17.5 Å². The number of amides is 1. The predicted molar refractivity (Wildman–Crippen MR) is 85.3 cm³/mol. The number of thiazole rings is 1. The third-order valence-corrected chi connectivity index (χ3v) is 3.69. The molecule has 1 heterocycles. The summed E-state index contributed by atoms with van der Waals surface area (Å²) in [4.78, 5) is 16.5. The van der Waals surface area contributed by atoms with Gasteiger partial charge in [-0.1, -0.05) is 23.5 Å².